The Morgan fingerprint density at radius 3 is 2.92 bits per heavy atom. The van der Waals surface area contributed by atoms with Crippen LogP contribution in [0.4, 0.5) is 0 Å². The Morgan fingerprint density at radius 2 is 2.16 bits per heavy atom. The van der Waals surface area contributed by atoms with E-state index in [0.29, 0.717) is 0 Å². The quantitative estimate of drug-likeness (QED) is 0.631. The number of benzene rings is 1. The van der Waals surface area contributed by atoms with Crippen LogP contribution in [-0.4, -0.2) is 36.5 Å². The Balaban J connectivity index is 1.51. The summed E-state index contributed by atoms with van der Waals surface area (Å²) in [5.74, 6) is 3.51. The molecule has 0 N–H and O–H groups in total. The van der Waals surface area contributed by atoms with E-state index in [1.165, 1.54) is 11.3 Å². The topological polar surface area (TPSA) is 64.7 Å². The summed E-state index contributed by atoms with van der Waals surface area (Å²) in [6.45, 7) is 3.01. The van der Waals surface area contributed by atoms with Gasteiger partial charge in [-0.15, -0.1) is 10.2 Å². The lowest BCUT2D eigenvalue weighted by Crippen LogP contribution is -2.07. The molecule has 0 radical (unpaired) electrons. The lowest BCUT2D eigenvalue weighted by molar-refractivity contribution is 0.199. The summed E-state index contributed by atoms with van der Waals surface area (Å²) in [5.41, 5.74) is 0. The van der Waals surface area contributed by atoms with Gasteiger partial charge in [0.2, 0.25) is 4.96 Å². The van der Waals surface area contributed by atoms with E-state index >= 15 is 0 Å². The highest BCUT2D eigenvalue weighted by Crippen LogP contribution is 2.29. The van der Waals surface area contributed by atoms with Crippen molar-refractivity contribution in [3.05, 3.63) is 41.2 Å². The predicted molar refractivity (Wildman–Crippen MR) is 105 cm³/mol. The molecule has 130 valence electrons. The van der Waals surface area contributed by atoms with Crippen LogP contribution in [-0.2, 0) is 5.75 Å². The first-order valence-corrected chi connectivity index (χ1v) is 10.8. The van der Waals surface area contributed by atoms with Crippen molar-refractivity contribution in [1.29, 1.82) is 0 Å². The molecule has 2 aromatic heterocycles. The van der Waals surface area contributed by atoms with Crippen molar-refractivity contribution in [2.45, 2.75) is 25.2 Å². The zero-order chi connectivity index (χ0) is 17.1. The first-order valence-electron chi connectivity index (χ1n) is 8.06. The SMILES string of the molecule is CC[C@H](Oc1ccccc1)c1nn2c(CSC3=NCCS3)nnc2s1. The highest BCUT2D eigenvalue weighted by molar-refractivity contribution is 8.38. The van der Waals surface area contributed by atoms with Crippen molar-refractivity contribution < 1.29 is 4.74 Å². The number of thioether (sulfide) groups is 2. The van der Waals surface area contributed by atoms with Crippen LogP contribution in [0.2, 0.25) is 0 Å². The molecule has 1 atom stereocenters. The number of para-hydroxylation sites is 1. The van der Waals surface area contributed by atoms with Gasteiger partial charge in [-0.2, -0.15) is 9.61 Å². The van der Waals surface area contributed by atoms with Gasteiger partial charge in [-0.25, -0.2) is 0 Å². The van der Waals surface area contributed by atoms with E-state index in [1.807, 2.05) is 34.8 Å². The summed E-state index contributed by atoms with van der Waals surface area (Å²) < 4.78 is 9.06. The minimum absolute atomic E-state index is 0.0793. The Kier molecular flexibility index (Phi) is 5.23. The van der Waals surface area contributed by atoms with Gasteiger partial charge in [-0.1, -0.05) is 60.0 Å². The van der Waals surface area contributed by atoms with Crippen LogP contribution in [0.3, 0.4) is 0 Å². The van der Waals surface area contributed by atoms with Crippen LogP contribution in [0.5, 0.6) is 5.75 Å². The zero-order valence-corrected chi connectivity index (χ0v) is 16.1. The van der Waals surface area contributed by atoms with Gasteiger partial charge in [-0.3, -0.25) is 4.99 Å². The van der Waals surface area contributed by atoms with Gasteiger partial charge in [0.25, 0.3) is 0 Å². The van der Waals surface area contributed by atoms with E-state index in [4.69, 9.17) is 9.84 Å². The molecule has 0 spiro atoms. The number of hydrogen-bond donors (Lipinski definition) is 0. The number of hydrogen-bond acceptors (Lipinski definition) is 8. The second-order valence-corrected chi connectivity index (χ2v) is 8.66. The average molecular weight is 392 g/mol. The van der Waals surface area contributed by atoms with Crippen LogP contribution in [0, 0.1) is 0 Å². The summed E-state index contributed by atoms with van der Waals surface area (Å²) in [7, 11) is 0. The van der Waals surface area contributed by atoms with E-state index < -0.39 is 0 Å². The summed E-state index contributed by atoms with van der Waals surface area (Å²) in [6, 6.07) is 9.85. The van der Waals surface area contributed by atoms with Gasteiger partial charge >= 0.3 is 0 Å². The molecule has 3 heterocycles. The Bertz CT molecular complexity index is 876. The average Bonchev–Trinajstić information content (AvgIpc) is 3.36. The Labute approximate surface area is 158 Å². The van der Waals surface area contributed by atoms with Crippen molar-refractivity contribution in [2.75, 3.05) is 12.3 Å². The van der Waals surface area contributed by atoms with Gasteiger partial charge in [-0.05, 0) is 18.6 Å². The fourth-order valence-electron chi connectivity index (χ4n) is 2.39. The molecule has 0 saturated carbocycles. The number of nitrogens with zero attached hydrogens (tertiary/aromatic N) is 5. The summed E-state index contributed by atoms with van der Waals surface area (Å²) in [5, 5.41) is 14.2. The molecular weight excluding hydrogens is 374 g/mol. The minimum Gasteiger partial charge on any atom is -0.483 e. The first kappa shape index (κ1) is 16.9. The highest BCUT2D eigenvalue weighted by Gasteiger charge is 2.20. The molecule has 0 amide bonds. The van der Waals surface area contributed by atoms with Crippen LogP contribution >= 0.6 is 34.9 Å². The molecule has 4 rings (SSSR count). The summed E-state index contributed by atoms with van der Waals surface area (Å²) >= 11 is 5.04. The molecule has 1 aliphatic heterocycles. The van der Waals surface area contributed by atoms with E-state index in [9.17, 15) is 0 Å². The summed E-state index contributed by atoms with van der Waals surface area (Å²) in [4.78, 5) is 5.26. The number of rotatable bonds is 6. The molecule has 1 aromatic carbocycles. The molecule has 1 aliphatic rings. The first-order chi connectivity index (χ1) is 12.3. The molecule has 0 fully saturated rings. The van der Waals surface area contributed by atoms with Crippen molar-refractivity contribution in [3.63, 3.8) is 0 Å². The third-order valence-electron chi connectivity index (χ3n) is 3.62. The summed E-state index contributed by atoms with van der Waals surface area (Å²) in [6.07, 6.45) is 0.764. The lowest BCUT2D eigenvalue weighted by Gasteiger charge is -2.14. The molecular formula is C16H17N5OS3. The normalized spacial score (nSPS) is 15.5. The molecule has 0 saturated heterocycles. The second kappa shape index (κ2) is 7.76. The fraction of sp³-hybridized carbons (Fsp3) is 0.375. The maximum Gasteiger partial charge on any atom is 0.234 e. The molecule has 9 heteroatoms. The van der Waals surface area contributed by atoms with Gasteiger partial charge in [0.05, 0.1) is 12.3 Å². The molecule has 0 bridgehead atoms. The van der Waals surface area contributed by atoms with Gasteiger partial charge in [0, 0.05) is 5.75 Å². The molecule has 0 unspecified atom stereocenters. The van der Waals surface area contributed by atoms with Crippen molar-refractivity contribution in [3.8, 4) is 5.75 Å². The van der Waals surface area contributed by atoms with Crippen molar-refractivity contribution in [1.82, 2.24) is 19.8 Å². The van der Waals surface area contributed by atoms with E-state index in [2.05, 4.69) is 22.1 Å². The third-order valence-corrected chi connectivity index (χ3v) is 6.86. The minimum atomic E-state index is -0.0793. The number of ether oxygens (including phenoxy) is 1. The van der Waals surface area contributed by atoms with Crippen molar-refractivity contribution in [2.24, 2.45) is 4.99 Å². The van der Waals surface area contributed by atoms with Crippen LogP contribution in [0.1, 0.15) is 30.3 Å². The smallest absolute Gasteiger partial charge is 0.234 e. The van der Waals surface area contributed by atoms with Gasteiger partial charge < -0.3 is 4.74 Å². The monoisotopic (exact) mass is 391 g/mol. The molecule has 6 nitrogen and oxygen atoms in total. The number of aliphatic imine (C=N–C) groups is 1. The molecule has 0 aliphatic carbocycles. The standard InChI is InChI=1S/C16H17N5OS3/c1-2-12(22-11-6-4-3-5-7-11)14-20-21-13(18-19-15(21)25-14)10-24-16-17-8-9-23-16/h3-7,12H,2,8-10H2,1H3/t12-/m0/s1. The highest BCUT2D eigenvalue weighted by atomic mass is 32.2. The molecule has 25 heavy (non-hydrogen) atoms. The maximum atomic E-state index is 6.09. The third kappa shape index (κ3) is 3.83. The second-order valence-electron chi connectivity index (χ2n) is 5.36. The Morgan fingerprint density at radius 1 is 1.28 bits per heavy atom. The molecule has 3 aromatic rings. The van der Waals surface area contributed by atoms with Crippen LogP contribution in [0.25, 0.3) is 4.96 Å². The van der Waals surface area contributed by atoms with Gasteiger partial charge in [0.1, 0.15) is 10.1 Å². The predicted octanol–water partition coefficient (Wildman–Crippen LogP) is 4.05. The largest absolute Gasteiger partial charge is 0.483 e. The van der Waals surface area contributed by atoms with E-state index in [-0.39, 0.29) is 6.10 Å². The Hall–Kier alpha value is -1.58. The van der Waals surface area contributed by atoms with Crippen molar-refractivity contribution >= 4 is 44.2 Å². The van der Waals surface area contributed by atoms with Gasteiger partial charge in [0.15, 0.2) is 16.9 Å². The van der Waals surface area contributed by atoms with E-state index in [0.717, 1.165) is 50.4 Å². The number of aromatic nitrogens is 4. The zero-order valence-electron chi connectivity index (χ0n) is 13.7. The van der Waals surface area contributed by atoms with Crippen LogP contribution < -0.4 is 4.74 Å². The van der Waals surface area contributed by atoms with E-state index in [1.54, 1.807) is 23.5 Å². The number of fused-ring (bicyclic) bond motifs is 1. The lowest BCUT2D eigenvalue weighted by atomic mass is 10.3. The van der Waals surface area contributed by atoms with Crippen LogP contribution in [0.15, 0.2) is 35.3 Å². The maximum absolute atomic E-state index is 6.09. The fourth-order valence-corrected chi connectivity index (χ4v) is 5.28.